The summed E-state index contributed by atoms with van der Waals surface area (Å²) in [6.45, 7) is 2.27. The van der Waals surface area contributed by atoms with Gasteiger partial charge < -0.3 is 25.3 Å². The number of morpholine rings is 1. The van der Waals surface area contributed by atoms with Crippen molar-refractivity contribution in [2.75, 3.05) is 25.0 Å². The van der Waals surface area contributed by atoms with Crippen LogP contribution in [0.3, 0.4) is 0 Å². The average Bonchev–Trinajstić information content (AvgIpc) is 3.70. The fourth-order valence-corrected chi connectivity index (χ4v) is 5.65. The third kappa shape index (κ3) is 6.99. The first-order valence-corrected chi connectivity index (χ1v) is 15.1. The van der Waals surface area contributed by atoms with Gasteiger partial charge in [0.1, 0.15) is 11.7 Å². The highest BCUT2D eigenvalue weighted by Crippen LogP contribution is 2.30. The molecule has 2 aromatic heterocycles. The number of rotatable bonds is 9. The van der Waals surface area contributed by atoms with E-state index in [0.717, 1.165) is 46.6 Å². The van der Waals surface area contributed by atoms with E-state index in [0.29, 0.717) is 23.0 Å². The van der Waals surface area contributed by atoms with Gasteiger partial charge in [-0.15, -0.1) is 0 Å². The highest BCUT2D eigenvalue weighted by Gasteiger charge is 2.25. The van der Waals surface area contributed by atoms with E-state index in [1.54, 1.807) is 25.6 Å². The summed E-state index contributed by atoms with van der Waals surface area (Å²) >= 11 is 6.69. The maximum atomic E-state index is 13.7. The van der Waals surface area contributed by atoms with Crippen LogP contribution < -0.4 is 16.0 Å². The van der Waals surface area contributed by atoms with Crippen molar-refractivity contribution >= 4 is 29.1 Å². The zero-order chi connectivity index (χ0) is 31.3. The number of hydrogen-bond donors (Lipinski definition) is 3. The van der Waals surface area contributed by atoms with Crippen molar-refractivity contribution in [1.82, 2.24) is 30.0 Å². The number of aromatic nitrogens is 4. The molecule has 11 heteroatoms. The fourth-order valence-electron chi connectivity index (χ4n) is 5.46. The largest absolute Gasteiger partial charge is 0.371 e. The molecule has 10 nitrogen and oxygen atoms in total. The van der Waals surface area contributed by atoms with Crippen molar-refractivity contribution in [1.29, 1.82) is 0 Å². The summed E-state index contributed by atoms with van der Waals surface area (Å²) in [6, 6.07) is 22.2. The Balaban J connectivity index is 1.25. The van der Waals surface area contributed by atoms with Crippen molar-refractivity contribution in [2.24, 2.45) is 14.1 Å². The second-order valence-corrected chi connectivity index (χ2v) is 11.4. The van der Waals surface area contributed by atoms with Gasteiger partial charge in [-0.3, -0.25) is 14.3 Å². The predicted molar refractivity (Wildman–Crippen MR) is 174 cm³/mol. The number of anilines is 1. The Morgan fingerprint density at radius 2 is 1.84 bits per heavy atom. The number of nitrogens with zero attached hydrogens (tertiary/aromatic N) is 4. The number of halogens is 1. The Morgan fingerprint density at radius 3 is 2.56 bits per heavy atom. The van der Waals surface area contributed by atoms with Gasteiger partial charge in [0.25, 0.3) is 5.91 Å². The molecule has 45 heavy (non-hydrogen) atoms. The Kier molecular flexibility index (Phi) is 9.06. The van der Waals surface area contributed by atoms with Crippen LogP contribution in [0.1, 0.15) is 27.7 Å². The lowest BCUT2D eigenvalue weighted by Crippen LogP contribution is -2.45. The Hall–Kier alpha value is -4.77. The molecular weight excluding hydrogens is 590 g/mol. The topological polar surface area (TPSA) is 115 Å². The molecule has 5 aromatic rings. The molecule has 0 unspecified atom stereocenters. The van der Waals surface area contributed by atoms with E-state index in [1.807, 2.05) is 66.2 Å². The molecule has 6 rings (SSSR count). The Labute approximate surface area is 266 Å². The van der Waals surface area contributed by atoms with Crippen molar-refractivity contribution in [3.63, 3.8) is 0 Å². The number of hydrogen-bond acceptors (Lipinski definition) is 6. The summed E-state index contributed by atoms with van der Waals surface area (Å²) < 4.78 is 9.34. The third-order valence-corrected chi connectivity index (χ3v) is 8.30. The first-order chi connectivity index (χ1) is 21.9. The van der Waals surface area contributed by atoms with Crippen LogP contribution in [0.5, 0.6) is 0 Å². The van der Waals surface area contributed by atoms with E-state index in [9.17, 15) is 9.59 Å². The van der Waals surface area contributed by atoms with Crippen molar-refractivity contribution < 1.29 is 14.3 Å². The van der Waals surface area contributed by atoms with Gasteiger partial charge in [-0.1, -0.05) is 48.0 Å². The predicted octanol–water partition coefficient (Wildman–Crippen LogP) is 4.78. The van der Waals surface area contributed by atoms with E-state index in [4.69, 9.17) is 16.3 Å². The van der Waals surface area contributed by atoms with E-state index >= 15 is 0 Å². The van der Waals surface area contributed by atoms with Gasteiger partial charge in [0.2, 0.25) is 5.91 Å². The molecule has 1 fully saturated rings. The lowest BCUT2D eigenvalue weighted by molar-refractivity contribution is -0.118. The smallest absolute Gasteiger partial charge is 0.270 e. The minimum atomic E-state index is -0.926. The summed E-state index contributed by atoms with van der Waals surface area (Å²) in [7, 11) is 3.60. The molecule has 3 N–H and O–H groups in total. The van der Waals surface area contributed by atoms with Gasteiger partial charge in [0.15, 0.2) is 0 Å². The summed E-state index contributed by atoms with van der Waals surface area (Å²) in [6.07, 6.45) is 5.22. The number of carbonyl (C=O) groups is 2. The second kappa shape index (κ2) is 13.5. The number of ether oxygens (including phenoxy) is 1. The van der Waals surface area contributed by atoms with Crippen LogP contribution in [-0.4, -0.2) is 56.9 Å². The molecule has 3 aromatic carbocycles. The van der Waals surface area contributed by atoms with E-state index in [-0.39, 0.29) is 18.4 Å². The van der Waals surface area contributed by atoms with Gasteiger partial charge in [-0.05, 0) is 64.2 Å². The number of nitrogens with one attached hydrogen (secondary N) is 3. The van der Waals surface area contributed by atoms with Crippen LogP contribution in [0, 0.1) is 0 Å². The van der Waals surface area contributed by atoms with Gasteiger partial charge in [0.05, 0.1) is 30.9 Å². The van der Waals surface area contributed by atoms with E-state index in [2.05, 4.69) is 38.2 Å². The van der Waals surface area contributed by atoms with Gasteiger partial charge in [0, 0.05) is 50.5 Å². The summed E-state index contributed by atoms with van der Waals surface area (Å²) in [5, 5.41) is 13.8. The SMILES string of the molecule is Cn1cncc1-c1ccc(NC(=O)[C@H](Cc2cc(-c3cccc([C@@H]4CNCCO4)c3)ccc2Cl)NC(=O)c2ccnn2C)cc1. The number of aryl methyl sites for hydroxylation is 2. The van der Waals surface area contributed by atoms with Crippen molar-refractivity contribution in [2.45, 2.75) is 18.6 Å². The number of benzene rings is 3. The van der Waals surface area contributed by atoms with Crippen molar-refractivity contribution in [3.05, 3.63) is 113 Å². The minimum Gasteiger partial charge on any atom is -0.371 e. The highest BCUT2D eigenvalue weighted by molar-refractivity contribution is 6.31. The van der Waals surface area contributed by atoms with Crippen LogP contribution in [0.25, 0.3) is 22.4 Å². The van der Waals surface area contributed by atoms with E-state index < -0.39 is 11.9 Å². The molecule has 0 bridgehead atoms. The molecule has 230 valence electrons. The van der Waals surface area contributed by atoms with Crippen LogP contribution in [0.15, 0.2) is 91.5 Å². The maximum Gasteiger partial charge on any atom is 0.270 e. The summed E-state index contributed by atoms with van der Waals surface area (Å²) in [4.78, 5) is 31.2. The molecule has 3 heterocycles. The lowest BCUT2D eigenvalue weighted by atomic mass is 9.96. The minimum absolute atomic E-state index is 0.0149. The first kappa shape index (κ1) is 30.3. The first-order valence-electron chi connectivity index (χ1n) is 14.7. The molecule has 2 amide bonds. The fraction of sp³-hybridized carbons (Fsp3) is 0.235. The molecule has 1 aliphatic heterocycles. The third-order valence-electron chi connectivity index (χ3n) is 7.93. The molecule has 0 spiro atoms. The molecule has 1 saturated heterocycles. The van der Waals surface area contributed by atoms with E-state index in [1.165, 1.54) is 10.9 Å². The standard InChI is InChI=1S/C34H34ClN7O3/c1-41-21-37-19-31(41)22-6-9-27(10-7-22)39-33(43)29(40-34(44)30-12-13-38-42(30)2)18-26-17-24(8-11-28(26)35)23-4-3-5-25(16-23)32-20-36-14-15-45-32/h3-13,16-17,19,21,29,32,36H,14-15,18,20H2,1-2H3,(H,39,43)(H,40,44)/t29-,32-/m0/s1. The van der Waals surface area contributed by atoms with Gasteiger partial charge >= 0.3 is 0 Å². The van der Waals surface area contributed by atoms with Gasteiger partial charge in [-0.2, -0.15) is 5.10 Å². The van der Waals surface area contributed by atoms with Crippen molar-refractivity contribution in [3.8, 4) is 22.4 Å². The Morgan fingerprint density at radius 1 is 1.04 bits per heavy atom. The van der Waals surface area contributed by atoms with Crippen LogP contribution in [0.4, 0.5) is 5.69 Å². The average molecular weight is 624 g/mol. The van der Waals surface area contributed by atoms with Crippen LogP contribution in [-0.2, 0) is 30.0 Å². The van der Waals surface area contributed by atoms with Crippen LogP contribution >= 0.6 is 11.6 Å². The molecule has 2 atom stereocenters. The van der Waals surface area contributed by atoms with Crippen LogP contribution in [0.2, 0.25) is 5.02 Å². The maximum absolute atomic E-state index is 13.7. The quantitative estimate of drug-likeness (QED) is 0.218. The number of carbonyl (C=O) groups excluding carboxylic acids is 2. The normalized spacial score (nSPS) is 15.4. The second-order valence-electron chi connectivity index (χ2n) is 11.0. The molecular formula is C34H34ClN7O3. The Bertz CT molecular complexity index is 1810. The lowest BCUT2D eigenvalue weighted by Gasteiger charge is -2.24. The molecule has 1 aliphatic rings. The molecule has 0 radical (unpaired) electrons. The molecule has 0 saturated carbocycles. The monoisotopic (exact) mass is 623 g/mol. The molecule has 0 aliphatic carbocycles. The van der Waals surface area contributed by atoms with Gasteiger partial charge in [-0.25, -0.2) is 4.98 Å². The zero-order valence-electron chi connectivity index (χ0n) is 25.0. The zero-order valence-corrected chi connectivity index (χ0v) is 25.8. The number of amides is 2. The summed E-state index contributed by atoms with van der Waals surface area (Å²) in [5.41, 5.74) is 6.63. The number of imidazole rings is 1. The summed E-state index contributed by atoms with van der Waals surface area (Å²) in [5.74, 6) is -0.785. The highest BCUT2D eigenvalue weighted by atomic mass is 35.5.